The number of halogens is 5. The van der Waals surface area contributed by atoms with Gasteiger partial charge in [-0.3, -0.25) is 4.79 Å². The molecule has 1 amide bonds. The third-order valence-corrected chi connectivity index (χ3v) is 8.50. The van der Waals surface area contributed by atoms with Gasteiger partial charge in [-0.2, -0.15) is 13.2 Å². The monoisotopic (exact) mass is 537 g/mol. The van der Waals surface area contributed by atoms with Crippen LogP contribution >= 0.6 is 23.2 Å². The van der Waals surface area contributed by atoms with Crippen LogP contribution in [0.4, 0.5) is 13.2 Å². The molecule has 1 aliphatic heterocycles. The van der Waals surface area contributed by atoms with Gasteiger partial charge in [0.25, 0.3) is 5.91 Å². The number of alkyl halides is 3. The largest absolute Gasteiger partial charge is 0.433 e. The van der Waals surface area contributed by atoms with E-state index in [0.29, 0.717) is 11.4 Å². The molecule has 1 aromatic heterocycles. The maximum atomic E-state index is 13.3. The summed E-state index contributed by atoms with van der Waals surface area (Å²) in [6, 6.07) is 8.00. The van der Waals surface area contributed by atoms with Crippen LogP contribution < -0.4 is 5.32 Å². The third kappa shape index (κ3) is 6.02. The van der Waals surface area contributed by atoms with Crippen molar-refractivity contribution in [1.82, 2.24) is 14.6 Å². The van der Waals surface area contributed by atoms with Gasteiger partial charge in [0, 0.05) is 35.8 Å². The minimum absolute atomic E-state index is 0.00634. The molecule has 2 aromatic rings. The molecular formula is C22H24Cl2F3N3O3S. The van der Waals surface area contributed by atoms with Crippen LogP contribution in [-0.2, 0) is 21.6 Å². The lowest BCUT2D eigenvalue weighted by molar-refractivity contribution is -0.141. The normalized spacial score (nSPS) is 16.9. The van der Waals surface area contributed by atoms with Crippen LogP contribution in [-0.4, -0.2) is 49.0 Å². The van der Waals surface area contributed by atoms with Crippen molar-refractivity contribution >= 4 is 39.1 Å². The van der Waals surface area contributed by atoms with Gasteiger partial charge >= 0.3 is 6.18 Å². The minimum atomic E-state index is -4.64. The fourth-order valence-corrected chi connectivity index (χ4v) is 6.02. The van der Waals surface area contributed by atoms with E-state index in [0.717, 1.165) is 6.07 Å². The Hall–Kier alpha value is -1.88. The van der Waals surface area contributed by atoms with E-state index in [4.69, 9.17) is 23.2 Å². The van der Waals surface area contributed by atoms with Crippen LogP contribution in [0.15, 0.2) is 36.4 Å². The summed E-state index contributed by atoms with van der Waals surface area (Å²) in [7, 11) is -3.47. The minimum Gasteiger partial charge on any atom is -0.351 e. The number of pyridine rings is 1. The number of benzene rings is 1. The highest BCUT2D eigenvalue weighted by Gasteiger charge is 2.42. The number of hydrogen-bond acceptors (Lipinski definition) is 4. The summed E-state index contributed by atoms with van der Waals surface area (Å²) < 4.78 is 66.3. The first-order chi connectivity index (χ1) is 15.9. The van der Waals surface area contributed by atoms with Gasteiger partial charge in [0.1, 0.15) is 5.69 Å². The third-order valence-electron chi connectivity index (χ3n) is 5.88. The molecule has 1 fully saturated rings. The fourth-order valence-electron chi connectivity index (χ4n) is 4.01. The van der Waals surface area contributed by atoms with Crippen LogP contribution in [0.5, 0.6) is 0 Å². The average Bonchev–Trinajstić information content (AvgIpc) is 2.77. The molecule has 1 aromatic carbocycles. The number of sulfonamides is 1. The number of nitrogens with one attached hydrogen (secondary N) is 1. The second-order valence-electron chi connectivity index (χ2n) is 8.21. The van der Waals surface area contributed by atoms with E-state index < -0.39 is 33.2 Å². The molecule has 1 N–H and O–H groups in total. The number of piperidine rings is 1. The Balaban J connectivity index is 1.90. The topological polar surface area (TPSA) is 79.4 Å². The zero-order chi connectivity index (χ0) is 25.1. The Bertz CT molecular complexity index is 1150. The first-order valence-corrected chi connectivity index (χ1v) is 13.0. The molecule has 0 unspecified atom stereocenters. The average molecular weight is 538 g/mol. The standard InChI is InChI=1S/C22H24Cl2F3N3O3S/c1-2-12-34(32,33)30-10-8-21(9-11-30,18-4-3-5-19(29-18)22(25,26)27)14-28-20(31)16-7-6-15(23)13-17(16)24/h3-7,13H,2,8-12,14H2,1H3,(H,28,31). The van der Waals surface area contributed by atoms with Crippen LogP contribution in [0, 0.1) is 0 Å². The second-order valence-corrected chi connectivity index (χ2v) is 11.1. The Kier molecular flexibility index (Phi) is 8.17. The molecule has 3 rings (SSSR count). The number of carbonyl (C=O) groups excluding carboxylic acids is 1. The number of hydrogen-bond donors (Lipinski definition) is 1. The molecule has 0 radical (unpaired) electrons. The van der Waals surface area contributed by atoms with E-state index in [1.165, 1.54) is 34.6 Å². The van der Waals surface area contributed by atoms with E-state index in [1.54, 1.807) is 6.92 Å². The van der Waals surface area contributed by atoms with Crippen LogP contribution in [0.2, 0.25) is 10.0 Å². The smallest absolute Gasteiger partial charge is 0.351 e. The molecule has 0 saturated carbocycles. The summed E-state index contributed by atoms with van der Waals surface area (Å²) >= 11 is 12.0. The lowest BCUT2D eigenvalue weighted by Gasteiger charge is -2.41. The molecule has 2 heterocycles. The lowest BCUT2D eigenvalue weighted by Crippen LogP contribution is -2.51. The number of carbonyl (C=O) groups is 1. The molecule has 0 bridgehead atoms. The van der Waals surface area contributed by atoms with E-state index in [2.05, 4.69) is 10.3 Å². The molecule has 34 heavy (non-hydrogen) atoms. The number of rotatable bonds is 7. The zero-order valence-electron chi connectivity index (χ0n) is 18.3. The molecule has 1 saturated heterocycles. The Labute approximate surface area is 206 Å². The van der Waals surface area contributed by atoms with Crippen molar-refractivity contribution in [3.63, 3.8) is 0 Å². The van der Waals surface area contributed by atoms with Crippen molar-refractivity contribution in [2.45, 2.75) is 37.8 Å². The highest BCUT2D eigenvalue weighted by molar-refractivity contribution is 7.89. The highest BCUT2D eigenvalue weighted by atomic mass is 35.5. The van der Waals surface area contributed by atoms with Gasteiger partial charge in [-0.05, 0) is 49.6 Å². The first-order valence-electron chi connectivity index (χ1n) is 10.6. The van der Waals surface area contributed by atoms with Crippen LogP contribution in [0.25, 0.3) is 0 Å². The van der Waals surface area contributed by atoms with Gasteiger partial charge in [0.05, 0.1) is 16.3 Å². The van der Waals surface area contributed by atoms with Gasteiger partial charge in [-0.1, -0.05) is 36.2 Å². The molecule has 0 spiro atoms. The molecular weight excluding hydrogens is 514 g/mol. The lowest BCUT2D eigenvalue weighted by atomic mass is 9.75. The second kappa shape index (κ2) is 10.4. The van der Waals surface area contributed by atoms with Crippen molar-refractivity contribution in [2.24, 2.45) is 0 Å². The van der Waals surface area contributed by atoms with E-state index in [-0.39, 0.29) is 54.5 Å². The van der Waals surface area contributed by atoms with Gasteiger partial charge < -0.3 is 5.32 Å². The quantitative estimate of drug-likeness (QED) is 0.544. The number of amides is 1. The molecule has 12 heteroatoms. The summed E-state index contributed by atoms with van der Waals surface area (Å²) in [5.74, 6) is -0.526. The Morgan fingerprint density at radius 2 is 1.85 bits per heavy atom. The number of aromatic nitrogens is 1. The summed E-state index contributed by atoms with van der Waals surface area (Å²) in [5.41, 5.74) is -1.72. The van der Waals surface area contributed by atoms with Gasteiger partial charge in [0.15, 0.2) is 0 Å². The highest BCUT2D eigenvalue weighted by Crippen LogP contribution is 2.37. The van der Waals surface area contributed by atoms with Crippen LogP contribution in [0.3, 0.4) is 0 Å². The summed E-state index contributed by atoms with van der Waals surface area (Å²) in [5, 5.41) is 3.24. The molecule has 186 valence electrons. The number of nitrogens with zero attached hydrogens (tertiary/aromatic N) is 2. The SMILES string of the molecule is CCCS(=O)(=O)N1CCC(CNC(=O)c2ccc(Cl)cc2Cl)(c2cccc(C(F)(F)F)n2)CC1. The van der Waals surface area contributed by atoms with E-state index >= 15 is 0 Å². The maximum absolute atomic E-state index is 13.3. The van der Waals surface area contributed by atoms with Crippen molar-refractivity contribution < 1.29 is 26.4 Å². The van der Waals surface area contributed by atoms with E-state index in [1.807, 2.05) is 0 Å². The van der Waals surface area contributed by atoms with Crippen molar-refractivity contribution in [1.29, 1.82) is 0 Å². The maximum Gasteiger partial charge on any atom is 0.433 e. The van der Waals surface area contributed by atoms with Crippen molar-refractivity contribution in [3.05, 3.63) is 63.4 Å². The Morgan fingerprint density at radius 1 is 1.18 bits per heavy atom. The van der Waals surface area contributed by atoms with Crippen molar-refractivity contribution in [2.75, 3.05) is 25.4 Å². The summed E-state index contributed by atoms with van der Waals surface area (Å²) in [4.78, 5) is 16.6. The van der Waals surface area contributed by atoms with E-state index in [9.17, 15) is 26.4 Å². The zero-order valence-corrected chi connectivity index (χ0v) is 20.7. The predicted octanol–water partition coefficient (Wildman–Crippen LogP) is 4.91. The Morgan fingerprint density at radius 3 is 2.44 bits per heavy atom. The predicted molar refractivity (Wildman–Crippen MR) is 125 cm³/mol. The van der Waals surface area contributed by atoms with Crippen LogP contribution in [0.1, 0.15) is 47.9 Å². The molecule has 0 aliphatic carbocycles. The molecule has 6 nitrogen and oxygen atoms in total. The fraction of sp³-hybridized carbons (Fsp3) is 0.455. The first kappa shape index (κ1) is 26.7. The molecule has 0 atom stereocenters. The molecule has 1 aliphatic rings. The van der Waals surface area contributed by atoms with Gasteiger partial charge in [-0.15, -0.1) is 0 Å². The van der Waals surface area contributed by atoms with Gasteiger partial charge in [0.2, 0.25) is 10.0 Å². The van der Waals surface area contributed by atoms with Crippen molar-refractivity contribution in [3.8, 4) is 0 Å². The van der Waals surface area contributed by atoms with Gasteiger partial charge in [-0.25, -0.2) is 17.7 Å². The summed E-state index contributed by atoms with van der Waals surface area (Å²) in [6.45, 7) is 1.94. The summed E-state index contributed by atoms with van der Waals surface area (Å²) in [6.07, 6.45) is -3.79.